The van der Waals surface area contributed by atoms with E-state index in [2.05, 4.69) is 41.5 Å². The zero-order valence-electron chi connectivity index (χ0n) is 16.5. The molecule has 4 aromatic rings. The highest BCUT2D eigenvalue weighted by Gasteiger charge is 2.12. The lowest BCUT2D eigenvalue weighted by molar-refractivity contribution is 0.262. The van der Waals surface area contributed by atoms with Crippen LogP contribution in [0.2, 0.25) is 0 Å². The fraction of sp³-hybridized carbons (Fsp3) is 0.0435. The number of urea groups is 1. The molecule has 0 fully saturated rings. The molecule has 31 heavy (non-hydrogen) atoms. The van der Waals surface area contributed by atoms with Gasteiger partial charge in [-0.1, -0.05) is 22.0 Å². The van der Waals surface area contributed by atoms with Crippen LogP contribution in [0.5, 0.6) is 11.6 Å². The fourth-order valence-electron chi connectivity index (χ4n) is 2.92. The van der Waals surface area contributed by atoms with Gasteiger partial charge in [0.1, 0.15) is 12.1 Å². The number of hydrogen-bond donors (Lipinski definition) is 2. The second-order valence-electron chi connectivity index (χ2n) is 6.62. The van der Waals surface area contributed by atoms with Crippen molar-refractivity contribution < 1.29 is 9.53 Å². The van der Waals surface area contributed by atoms with Crippen molar-refractivity contribution in [1.82, 2.24) is 15.0 Å². The lowest BCUT2D eigenvalue weighted by atomic mass is 10.2. The normalized spacial score (nSPS) is 10.4. The third-order valence-electron chi connectivity index (χ3n) is 4.35. The molecule has 4 rings (SSSR count). The number of pyridine rings is 1. The SMILES string of the molecule is Cc1cc(NC(=O)Nc2cccc(Br)c2)ccc1Oc1ncccc1-c1ccncn1. The number of aromatic nitrogens is 3. The molecule has 2 amide bonds. The number of carbonyl (C=O) groups is 1. The first-order chi connectivity index (χ1) is 15.1. The van der Waals surface area contributed by atoms with Crippen LogP contribution in [-0.2, 0) is 0 Å². The number of benzene rings is 2. The van der Waals surface area contributed by atoms with E-state index in [1.807, 2.05) is 49.4 Å². The minimum Gasteiger partial charge on any atom is -0.438 e. The molecule has 0 saturated heterocycles. The Bertz CT molecular complexity index is 1220. The van der Waals surface area contributed by atoms with Crippen LogP contribution in [0.3, 0.4) is 0 Å². The van der Waals surface area contributed by atoms with E-state index in [9.17, 15) is 4.79 Å². The third-order valence-corrected chi connectivity index (χ3v) is 4.84. The van der Waals surface area contributed by atoms with Crippen molar-refractivity contribution in [1.29, 1.82) is 0 Å². The maximum Gasteiger partial charge on any atom is 0.323 e. The molecule has 0 spiro atoms. The maximum absolute atomic E-state index is 12.3. The molecule has 0 atom stereocenters. The van der Waals surface area contributed by atoms with Crippen LogP contribution in [0.15, 0.2) is 83.9 Å². The number of nitrogens with zero attached hydrogens (tertiary/aromatic N) is 3. The minimum absolute atomic E-state index is 0.332. The van der Waals surface area contributed by atoms with Gasteiger partial charge in [0.05, 0.1) is 11.3 Å². The summed E-state index contributed by atoms with van der Waals surface area (Å²) in [4.78, 5) is 24.9. The quantitative estimate of drug-likeness (QED) is 0.366. The lowest BCUT2D eigenvalue weighted by Crippen LogP contribution is -2.19. The van der Waals surface area contributed by atoms with E-state index < -0.39 is 0 Å². The molecule has 2 N–H and O–H groups in total. The Morgan fingerprint density at radius 3 is 2.52 bits per heavy atom. The number of hydrogen-bond acceptors (Lipinski definition) is 5. The van der Waals surface area contributed by atoms with Crippen molar-refractivity contribution in [2.24, 2.45) is 0 Å². The van der Waals surface area contributed by atoms with Crippen LogP contribution in [0.25, 0.3) is 11.3 Å². The second-order valence-corrected chi connectivity index (χ2v) is 7.54. The van der Waals surface area contributed by atoms with Crippen LogP contribution in [0.4, 0.5) is 16.2 Å². The highest BCUT2D eigenvalue weighted by molar-refractivity contribution is 9.10. The van der Waals surface area contributed by atoms with Gasteiger partial charge in [-0.15, -0.1) is 0 Å². The Hall–Kier alpha value is -3.78. The van der Waals surface area contributed by atoms with Crippen molar-refractivity contribution in [3.8, 4) is 22.9 Å². The molecule has 8 heteroatoms. The van der Waals surface area contributed by atoms with Crippen LogP contribution < -0.4 is 15.4 Å². The van der Waals surface area contributed by atoms with Gasteiger partial charge in [-0.3, -0.25) is 0 Å². The highest BCUT2D eigenvalue weighted by Crippen LogP contribution is 2.32. The van der Waals surface area contributed by atoms with Gasteiger partial charge >= 0.3 is 6.03 Å². The van der Waals surface area contributed by atoms with E-state index in [1.54, 1.807) is 30.6 Å². The molecular weight excluding hydrogens is 458 g/mol. The van der Waals surface area contributed by atoms with Gasteiger partial charge < -0.3 is 15.4 Å². The first-order valence-electron chi connectivity index (χ1n) is 9.42. The molecule has 0 aliphatic rings. The molecule has 0 unspecified atom stereocenters. The summed E-state index contributed by atoms with van der Waals surface area (Å²) < 4.78 is 6.95. The zero-order chi connectivity index (χ0) is 21.6. The number of aryl methyl sites for hydroxylation is 1. The van der Waals surface area contributed by atoms with Gasteiger partial charge in [-0.2, -0.15) is 0 Å². The van der Waals surface area contributed by atoms with Gasteiger partial charge in [0.25, 0.3) is 0 Å². The molecule has 0 aliphatic heterocycles. The summed E-state index contributed by atoms with van der Waals surface area (Å²) in [5.41, 5.74) is 3.67. The average Bonchev–Trinajstić information content (AvgIpc) is 2.76. The standard InChI is InChI=1S/C23H18BrN5O2/c1-15-12-18(29-23(30)28-17-5-2-4-16(24)13-17)7-8-21(15)31-22-19(6-3-10-26-22)20-9-11-25-14-27-20/h2-14H,1H3,(H2,28,29,30). The summed E-state index contributed by atoms with van der Waals surface area (Å²) in [5.74, 6) is 1.07. The molecule has 0 radical (unpaired) electrons. The third kappa shape index (κ3) is 5.23. The molecule has 2 heterocycles. The fourth-order valence-corrected chi connectivity index (χ4v) is 3.32. The molecule has 0 saturated carbocycles. The van der Waals surface area contributed by atoms with Crippen molar-refractivity contribution in [2.45, 2.75) is 6.92 Å². The van der Waals surface area contributed by atoms with Crippen molar-refractivity contribution >= 4 is 33.3 Å². The Balaban J connectivity index is 1.48. The number of carbonyl (C=O) groups excluding carboxylic acids is 1. The van der Waals surface area contributed by atoms with E-state index in [1.165, 1.54) is 6.33 Å². The van der Waals surface area contributed by atoms with E-state index in [4.69, 9.17) is 4.74 Å². The number of amides is 2. The number of nitrogens with one attached hydrogen (secondary N) is 2. The molecular formula is C23H18BrN5O2. The molecule has 7 nitrogen and oxygen atoms in total. The first kappa shape index (κ1) is 20.5. The Labute approximate surface area is 187 Å². The largest absolute Gasteiger partial charge is 0.438 e. The van der Waals surface area contributed by atoms with Gasteiger partial charge in [-0.25, -0.2) is 19.7 Å². The maximum atomic E-state index is 12.3. The topological polar surface area (TPSA) is 89.0 Å². The summed E-state index contributed by atoms with van der Waals surface area (Å²) in [6.45, 7) is 1.90. The number of rotatable bonds is 5. The van der Waals surface area contributed by atoms with Crippen LogP contribution in [-0.4, -0.2) is 21.0 Å². The Morgan fingerprint density at radius 2 is 1.77 bits per heavy atom. The summed E-state index contributed by atoms with van der Waals surface area (Å²) in [7, 11) is 0. The Kier molecular flexibility index (Phi) is 6.18. The van der Waals surface area contributed by atoms with E-state index in [0.717, 1.165) is 21.3 Å². The summed E-state index contributed by atoms with van der Waals surface area (Å²) in [6.07, 6.45) is 4.82. The second kappa shape index (κ2) is 9.36. The summed E-state index contributed by atoms with van der Waals surface area (Å²) in [6, 6.07) is 18.0. The monoisotopic (exact) mass is 475 g/mol. The number of ether oxygens (including phenoxy) is 1. The van der Waals surface area contributed by atoms with Gasteiger partial charge in [0.2, 0.25) is 5.88 Å². The van der Waals surface area contributed by atoms with Crippen molar-refractivity contribution in [2.75, 3.05) is 10.6 Å². The Morgan fingerprint density at radius 1 is 0.935 bits per heavy atom. The predicted octanol–water partition coefficient (Wildman–Crippen LogP) is 6.05. The molecule has 0 aliphatic carbocycles. The molecule has 2 aromatic heterocycles. The highest BCUT2D eigenvalue weighted by atomic mass is 79.9. The van der Waals surface area contributed by atoms with Gasteiger partial charge in [0, 0.05) is 28.2 Å². The summed E-state index contributed by atoms with van der Waals surface area (Å²) >= 11 is 3.39. The van der Waals surface area contributed by atoms with Gasteiger partial charge in [-0.05, 0) is 67.1 Å². The zero-order valence-corrected chi connectivity index (χ0v) is 18.1. The van der Waals surface area contributed by atoms with Crippen LogP contribution in [0.1, 0.15) is 5.56 Å². The predicted molar refractivity (Wildman–Crippen MR) is 123 cm³/mol. The van der Waals surface area contributed by atoms with Crippen LogP contribution in [0, 0.1) is 6.92 Å². The average molecular weight is 476 g/mol. The number of anilines is 2. The molecule has 0 bridgehead atoms. The number of halogens is 1. The lowest BCUT2D eigenvalue weighted by Gasteiger charge is -2.13. The summed E-state index contributed by atoms with van der Waals surface area (Å²) in [5, 5.41) is 5.62. The van der Waals surface area contributed by atoms with Gasteiger partial charge in [0.15, 0.2) is 0 Å². The van der Waals surface area contributed by atoms with E-state index in [-0.39, 0.29) is 6.03 Å². The van der Waals surface area contributed by atoms with E-state index >= 15 is 0 Å². The van der Waals surface area contributed by atoms with Crippen molar-refractivity contribution in [3.05, 3.63) is 89.4 Å². The smallest absolute Gasteiger partial charge is 0.323 e. The van der Waals surface area contributed by atoms with Crippen molar-refractivity contribution in [3.63, 3.8) is 0 Å². The minimum atomic E-state index is -0.332. The van der Waals surface area contributed by atoms with E-state index in [0.29, 0.717) is 23.0 Å². The first-order valence-corrected chi connectivity index (χ1v) is 10.2. The molecule has 2 aromatic carbocycles. The molecule has 154 valence electrons. The van der Waals surface area contributed by atoms with Crippen LogP contribution >= 0.6 is 15.9 Å².